The van der Waals surface area contributed by atoms with E-state index in [9.17, 15) is 4.79 Å². The van der Waals surface area contributed by atoms with Crippen LogP contribution in [0.15, 0.2) is 18.3 Å². The van der Waals surface area contributed by atoms with Crippen molar-refractivity contribution in [2.45, 2.75) is 25.8 Å². The Labute approximate surface area is 95.8 Å². The van der Waals surface area contributed by atoms with Gasteiger partial charge >= 0.3 is 0 Å². The maximum atomic E-state index is 11.8. The van der Waals surface area contributed by atoms with Crippen LogP contribution in [-0.2, 0) is 0 Å². The zero-order chi connectivity index (χ0) is 11.4. The number of aromatic nitrogens is 1. The van der Waals surface area contributed by atoms with Gasteiger partial charge in [0.25, 0.3) is 5.91 Å². The molecule has 0 aromatic carbocycles. The van der Waals surface area contributed by atoms with E-state index in [2.05, 4.69) is 22.5 Å². The highest BCUT2D eigenvalue weighted by Crippen LogP contribution is 2.14. The van der Waals surface area contributed by atoms with Gasteiger partial charge in [-0.2, -0.15) is 0 Å². The fraction of sp³-hybridized carbons (Fsp3) is 0.583. The summed E-state index contributed by atoms with van der Waals surface area (Å²) < 4.78 is 0. The highest BCUT2D eigenvalue weighted by Gasteiger charge is 2.21. The van der Waals surface area contributed by atoms with E-state index in [1.807, 2.05) is 6.07 Å². The third kappa shape index (κ3) is 2.64. The molecule has 1 aromatic rings. The average Bonchev–Trinajstić information content (AvgIpc) is 2.83. The number of hydrogen-bond donors (Lipinski definition) is 3. The Balaban J connectivity index is 1.86. The van der Waals surface area contributed by atoms with E-state index in [4.69, 9.17) is 0 Å². The number of H-pyrrole nitrogens is 1. The normalized spacial score (nSPS) is 22.7. The Kier molecular flexibility index (Phi) is 3.62. The molecule has 0 spiro atoms. The minimum Gasteiger partial charge on any atom is -0.357 e. The van der Waals surface area contributed by atoms with Crippen LogP contribution in [0.5, 0.6) is 0 Å². The predicted octanol–water partition coefficient (Wildman–Crippen LogP) is 1.13. The molecule has 1 aliphatic heterocycles. The summed E-state index contributed by atoms with van der Waals surface area (Å²) in [6.45, 7) is 4.19. The van der Waals surface area contributed by atoms with Crippen LogP contribution < -0.4 is 10.6 Å². The number of hydrogen-bond acceptors (Lipinski definition) is 2. The standard InChI is InChI=1S/C12H19N3O/c1-9(10-4-2-6-13-8-10)15-12(16)11-5-3-7-14-11/h3,5,7,9-10,13-14H,2,4,6,8H2,1H3,(H,15,16). The monoisotopic (exact) mass is 221 g/mol. The Hall–Kier alpha value is -1.29. The van der Waals surface area contributed by atoms with Crippen molar-refractivity contribution in [3.8, 4) is 0 Å². The van der Waals surface area contributed by atoms with E-state index in [1.165, 1.54) is 12.8 Å². The molecule has 2 unspecified atom stereocenters. The number of aromatic amines is 1. The van der Waals surface area contributed by atoms with Crippen LogP contribution in [-0.4, -0.2) is 30.0 Å². The van der Waals surface area contributed by atoms with Gasteiger partial charge < -0.3 is 15.6 Å². The molecule has 1 aliphatic rings. The number of nitrogens with one attached hydrogen (secondary N) is 3. The fourth-order valence-electron chi connectivity index (χ4n) is 2.18. The lowest BCUT2D eigenvalue weighted by atomic mass is 9.93. The Morgan fingerprint density at radius 3 is 3.12 bits per heavy atom. The second-order valence-electron chi connectivity index (χ2n) is 4.45. The molecule has 88 valence electrons. The lowest BCUT2D eigenvalue weighted by molar-refractivity contribution is 0.0917. The minimum absolute atomic E-state index is 0.0110. The predicted molar refractivity (Wildman–Crippen MR) is 63.3 cm³/mol. The lowest BCUT2D eigenvalue weighted by Gasteiger charge is -2.28. The number of carbonyl (C=O) groups is 1. The number of carbonyl (C=O) groups excluding carboxylic acids is 1. The summed E-state index contributed by atoms with van der Waals surface area (Å²) in [7, 11) is 0. The van der Waals surface area contributed by atoms with Crippen molar-refractivity contribution in [1.82, 2.24) is 15.6 Å². The number of piperidine rings is 1. The van der Waals surface area contributed by atoms with Gasteiger partial charge in [-0.15, -0.1) is 0 Å². The molecule has 1 fully saturated rings. The first-order chi connectivity index (χ1) is 7.77. The highest BCUT2D eigenvalue weighted by molar-refractivity contribution is 5.92. The van der Waals surface area contributed by atoms with Crippen molar-refractivity contribution in [2.75, 3.05) is 13.1 Å². The van der Waals surface area contributed by atoms with Crippen molar-refractivity contribution in [3.63, 3.8) is 0 Å². The molecule has 2 atom stereocenters. The minimum atomic E-state index is -0.0110. The summed E-state index contributed by atoms with van der Waals surface area (Å²) in [5.74, 6) is 0.538. The third-order valence-corrected chi connectivity index (χ3v) is 3.24. The number of amides is 1. The van der Waals surface area contributed by atoms with Gasteiger partial charge in [0.2, 0.25) is 0 Å². The Bertz CT molecular complexity index is 328. The number of rotatable bonds is 3. The fourth-order valence-corrected chi connectivity index (χ4v) is 2.18. The second-order valence-corrected chi connectivity index (χ2v) is 4.45. The summed E-state index contributed by atoms with van der Waals surface area (Å²) in [4.78, 5) is 14.7. The molecule has 2 rings (SSSR count). The van der Waals surface area contributed by atoms with E-state index in [-0.39, 0.29) is 11.9 Å². The van der Waals surface area contributed by atoms with Crippen LogP contribution in [0.3, 0.4) is 0 Å². The van der Waals surface area contributed by atoms with Crippen LogP contribution in [0.4, 0.5) is 0 Å². The van der Waals surface area contributed by atoms with Crippen molar-refractivity contribution >= 4 is 5.91 Å². The van der Waals surface area contributed by atoms with Crippen LogP contribution in [0.1, 0.15) is 30.3 Å². The summed E-state index contributed by atoms with van der Waals surface area (Å²) in [6.07, 6.45) is 4.16. The zero-order valence-corrected chi connectivity index (χ0v) is 9.62. The van der Waals surface area contributed by atoms with E-state index in [0.717, 1.165) is 13.1 Å². The maximum absolute atomic E-state index is 11.8. The van der Waals surface area contributed by atoms with Gasteiger partial charge in [0.05, 0.1) is 0 Å². The summed E-state index contributed by atoms with van der Waals surface area (Å²) >= 11 is 0. The first-order valence-electron chi connectivity index (χ1n) is 5.92. The first kappa shape index (κ1) is 11.2. The van der Waals surface area contributed by atoms with E-state index in [0.29, 0.717) is 11.6 Å². The molecule has 1 saturated heterocycles. The quantitative estimate of drug-likeness (QED) is 0.716. The van der Waals surface area contributed by atoms with E-state index in [1.54, 1.807) is 12.3 Å². The molecule has 0 bridgehead atoms. The van der Waals surface area contributed by atoms with Crippen molar-refractivity contribution in [1.29, 1.82) is 0 Å². The van der Waals surface area contributed by atoms with Gasteiger partial charge in [0.1, 0.15) is 5.69 Å². The Morgan fingerprint density at radius 2 is 2.50 bits per heavy atom. The van der Waals surface area contributed by atoms with Crippen LogP contribution in [0.25, 0.3) is 0 Å². The lowest BCUT2D eigenvalue weighted by Crippen LogP contribution is -2.44. The first-order valence-corrected chi connectivity index (χ1v) is 5.92. The summed E-state index contributed by atoms with van der Waals surface area (Å²) in [6, 6.07) is 3.85. The molecule has 0 aliphatic carbocycles. The molecular weight excluding hydrogens is 202 g/mol. The molecule has 1 amide bonds. The van der Waals surface area contributed by atoms with Crippen molar-refractivity contribution in [2.24, 2.45) is 5.92 Å². The molecule has 2 heterocycles. The van der Waals surface area contributed by atoms with Gasteiger partial charge in [-0.1, -0.05) is 0 Å². The van der Waals surface area contributed by atoms with Crippen LogP contribution >= 0.6 is 0 Å². The molecule has 0 radical (unpaired) electrons. The van der Waals surface area contributed by atoms with Gasteiger partial charge in [0.15, 0.2) is 0 Å². The zero-order valence-electron chi connectivity index (χ0n) is 9.62. The van der Waals surface area contributed by atoms with Crippen LogP contribution in [0, 0.1) is 5.92 Å². The van der Waals surface area contributed by atoms with Gasteiger partial charge in [-0.05, 0) is 50.9 Å². The van der Waals surface area contributed by atoms with E-state index < -0.39 is 0 Å². The highest BCUT2D eigenvalue weighted by atomic mass is 16.1. The Morgan fingerprint density at radius 1 is 1.62 bits per heavy atom. The van der Waals surface area contributed by atoms with E-state index >= 15 is 0 Å². The SMILES string of the molecule is CC(NC(=O)c1ccc[nH]1)C1CCCNC1. The summed E-state index contributed by atoms with van der Waals surface area (Å²) in [5.41, 5.74) is 0.635. The molecule has 4 nitrogen and oxygen atoms in total. The van der Waals surface area contributed by atoms with Gasteiger partial charge in [-0.3, -0.25) is 4.79 Å². The molecule has 3 N–H and O–H groups in total. The third-order valence-electron chi connectivity index (χ3n) is 3.24. The van der Waals surface area contributed by atoms with Crippen molar-refractivity contribution < 1.29 is 4.79 Å². The van der Waals surface area contributed by atoms with Crippen molar-refractivity contribution in [3.05, 3.63) is 24.0 Å². The topological polar surface area (TPSA) is 56.9 Å². The largest absolute Gasteiger partial charge is 0.357 e. The van der Waals surface area contributed by atoms with Gasteiger partial charge in [-0.25, -0.2) is 0 Å². The molecule has 1 aromatic heterocycles. The van der Waals surface area contributed by atoms with Crippen LogP contribution in [0.2, 0.25) is 0 Å². The molecule has 4 heteroatoms. The molecule has 16 heavy (non-hydrogen) atoms. The maximum Gasteiger partial charge on any atom is 0.267 e. The molecular formula is C12H19N3O. The van der Waals surface area contributed by atoms with Gasteiger partial charge in [0, 0.05) is 12.2 Å². The smallest absolute Gasteiger partial charge is 0.267 e. The molecule has 0 saturated carbocycles. The summed E-state index contributed by atoms with van der Waals surface area (Å²) in [5, 5.41) is 6.41. The average molecular weight is 221 g/mol. The second kappa shape index (κ2) is 5.16.